The molecule has 6 nitrogen and oxygen atoms in total. The first-order chi connectivity index (χ1) is 17.7. The van der Waals surface area contributed by atoms with Gasteiger partial charge in [0.1, 0.15) is 42.1 Å². The second-order valence-electron chi connectivity index (χ2n) is 8.14. The fourth-order valence-electron chi connectivity index (χ4n) is 3.37. The van der Waals surface area contributed by atoms with E-state index in [1.165, 1.54) is 19.3 Å². The fourth-order valence-corrected chi connectivity index (χ4v) is 3.37. The van der Waals surface area contributed by atoms with Crippen molar-refractivity contribution in [3.8, 4) is 23.3 Å². The van der Waals surface area contributed by atoms with Crippen molar-refractivity contribution < 1.29 is 19.0 Å². The van der Waals surface area contributed by atoms with Crippen LogP contribution in [0.15, 0.2) is 84.4 Å². The molecule has 3 aromatic carbocycles. The van der Waals surface area contributed by atoms with E-state index < -0.39 is 5.91 Å². The van der Waals surface area contributed by atoms with Crippen LogP contribution in [0.5, 0.6) is 17.2 Å². The van der Waals surface area contributed by atoms with Crippen LogP contribution in [-0.4, -0.2) is 25.7 Å². The van der Waals surface area contributed by atoms with Gasteiger partial charge in [0.25, 0.3) is 5.91 Å². The molecule has 186 valence electrons. The molecule has 0 aliphatic heterocycles. The highest BCUT2D eigenvalue weighted by molar-refractivity contribution is 6.09. The lowest BCUT2D eigenvalue weighted by molar-refractivity contribution is -0.112. The number of amides is 1. The first kappa shape index (κ1) is 26.4. The molecule has 36 heavy (non-hydrogen) atoms. The Morgan fingerprint density at radius 1 is 0.778 bits per heavy atom. The highest BCUT2D eigenvalue weighted by atomic mass is 16.5. The first-order valence-corrected chi connectivity index (χ1v) is 12.2. The summed E-state index contributed by atoms with van der Waals surface area (Å²) in [5.41, 5.74) is 1.39. The Kier molecular flexibility index (Phi) is 10.9. The van der Waals surface area contributed by atoms with E-state index in [-0.39, 0.29) is 5.57 Å². The minimum atomic E-state index is -0.451. The maximum atomic E-state index is 12.4. The number of hydrogen-bond acceptors (Lipinski definition) is 5. The van der Waals surface area contributed by atoms with Gasteiger partial charge in [0, 0.05) is 5.69 Å². The minimum Gasteiger partial charge on any atom is -0.494 e. The van der Waals surface area contributed by atoms with Crippen molar-refractivity contribution >= 4 is 17.7 Å². The molecule has 0 aliphatic carbocycles. The predicted octanol–water partition coefficient (Wildman–Crippen LogP) is 6.65. The lowest BCUT2D eigenvalue weighted by Gasteiger charge is -2.10. The van der Waals surface area contributed by atoms with Crippen LogP contribution < -0.4 is 19.5 Å². The molecule has 0 spiro atoms. The van der Waals surface area contributed by atoms with Crippen LogP contribution in [0.3, 0.4) is 0 Å². The van der Waals surface area contributed by atoms with E-state index in [0.29, 0.717) is 24.7 Å². The van der Waals surface area contributed by atoms with Gasteiger partial charge >= 0.3 is 0 Å². The third-order valence-corrected chi connectivity index (χ3v) is 5.30. The maximum Gasteiger partial charge on any atom is 0.266 e. The van der Waals surface area contributed by atoms with Gasteiger partial charge in [-0.15, -0.1) is 0 Å². The summed E-state index contributed by atoms with van der Waals surface area (Å²) in [6.07, 6.45) is 6.28. The Morgan fingerprint density at radius 3 is 1.89 bits per heavy atom. The van der Waals surface area contributed by atoms with Crippen molar-refractivity contribution in [2.75, 3.05) is 25.1 Å². The van der Waals surface area contributed by atoms with Gasteiger partial charge in [-0.05, 0) is 66.6 Å². The van der Waals surface area contributed by atoms with Crippen LogP contribution in [0.2, 0.25) is 0 Å². The standard InChI is InChI=1S/C30H32N2O4/c1-2-3-4-8-19-34-28-15-17-29(18-16-28)36-21-20-35-27-13-11-24(12-14-27)22-25(23-31)30(33)32-26-9-6-5-7-10-26/h5-7,9-18,22H,2-4,8,19-21H2,1H3,(H,32,33). The Labute approximate surface area is 213 Å². The zero-order valence-electron chi connectivity index (χ0n) is 20.6. The molecule has 3 aromatic rings. The third kappa shape index (κ3) is 9.19. The van der Waals surface area contributed by atoms with Crippen molar-refractivity contribution in [3.05, 3.63) is 90.0 Å². The van der Waals surface area contributed by atoms with Crippen molar-refractivity contribution in [2.24, 2.45) is 0 Å². The highest BCUT2D eigenvalue weighted by Gasteiger charge is 2.09. The van der Waals surface area contributed by atoms with E-state index in [4.69, 9.17) is 14.2 Å². The molecular formula is C30H32N2O4. The van der Waals surface area contributed by atoms with Crippen LogP contribution in [0, 0.1) is 11.3 Å². The van der Waals surface area contributed by atoms with E-state index in [2.05, 4.69) is 12.2 Å². The van der Waals surface area contributed by atoms with Crippen molar-refractivity contribution in [1.29, 1.82) is 5.26 Å². The Balaban J connectivity index is 1.40. The number of nitrogens with zero attached hydrogens (tertiary/aromatic N) is 1. The molecule has 0 saturated carbocycles. The third-order valence-electron chi connectivity index (χ3n) is 5.30. The zero-order valence-corrected chi connectivity index (χ0v) is 20.6. The molecule has 0 saturated heterocycles. The molecule has 0 radical (unpaired) electrons. The Hall–Kier alpha value is -4.24. The lowest BCUT2D eigenvalue weighted by atomic mass is 10.1. The lowest BCUT2D eigenvalue weighted by Crippen LogP contribution is -2.13. The smallest absolute Gasteiger partial charge is 0.266 e. The van der Waals surface area contributed by atoms with Crippen LogP contribution >= 0.6 is 0 Å². The second-order valence-corrected chi connectivity index (χ2v) is 8.14. The molecular weight excluding hydrogens is 452 g/mol. The van der Waals surface area contributed by atoms with Crippen molar-refractivity contribution in [1.82, 2.24) is 0 Å². The van der Waals surface area contributed by atoms with Crippen molar-refractivity contribution in [2.45, 2.75) is 32.6 Å². The van der Waals surface area contributed by atoms with E-state index in [9.17, 15) is 10.1 Å². The number of nitriles is 1. The van der Waals surface area contributed by atoms with Gasteiger partial charge in [0.15, 0.2) is 0 Å². The molecule has 0 fully saturated rings. The van der Waals surface area contributed by atoms with Crippen LogP contribution in [0.4, 0.5) is 5.69 Å². The zero-order chi connectivity index (χ0) is 25.4. The van der Waals surface area contributed by atoms with Gasteiger partial charge in [-0.1, -0.05) is 56.5 Å². The average molecular weight is 485 g/mol. The van der Waals surface area contributed by atoms with E-state index >= 15 is 0 Å². The van der Waals surface area contributed by atoms with Crippen LogP contribution in [0.25, 0.3) is 6.08 Å². The molecule has 0 unspecified atom stereocenters. The van der Waals surface area contributed by atoms with Gasteiger partial charge in [0.05, 0.1) is 6.61 Å². The number of carbonyl (C=O) groups is 1. The number of anilines is 1. The molecule has 0 heterocycles. The number of unbranched alkanes of at least 4 members (excludes halogenated alkanes) is 3. The van der Waals surface area contributed by atoms with Crippen LogP contribution in [-0.2, 0) is 4.79 Å². The second kappa shape index (κ2) is 14.9. The molecule has 6 heteroatoms. The normalized spacial score (nSPS) is 10.8. The van der Waals surface area contributed by atoms with Crippen LogP contribution in [0.1, 0.15) is 38.2 Å². The van der Waals surface area contributed by atoms with Crippen molar-refractivity contribution in [3.63, 3.8) is 0 Å². The Bertz CT molecular complexity index is 1130. The summed E-state index contributed by atoms with van der Waals surface area (Å²) in [7, 11) is 0. The van der Waals surface area contributed by atoms with Gasteiger partial charge < -0.3 is 19.5 Å². The first-order valence-electron chi connectivity index (χ1n) is 12.2. The van der Waals surface area contributed by atoms with E-state index in [1.54, 1.807) is 42.5 Å². The summed E-state index contributed by atoms with van der Waals surface area (Å²) >= 11 is 0. The molecule has 0 aliphatic rings. The van der Waals surface area contributed by atoms with Gasteiger partial charge in [-0.25, -0.2) is 0 Å². The SMILES string of the molecule is CCCCCCOc1ccc(OCCOc2ccc(C=C(C#N)C(=O)Nc3ccccc3)cc2)cc1. The number of rotatable bonds is 14. The average Bonchev–Trinajstić information content (AvgIpc) is 2.91. The van der Waals surface area contributed by atoms with E-state index in [0.717, 1.165) is 30.1 Å². The fraction of sp³-hybridized carbons (Fsp3) is 0.267. The van der Waals surface area contributed by atoms with E-state index in [1.807, 2.05) is 48.5 Å². The van der Waals surface area contributed by atoms with Gasteiger partial charge in [0.2, 0.25) is 0 Å². The number of hydrogen-bond donors (Lipinski definition) is 1. The number of ether oxygens (including phenoxy) is 3. The molecule has 0 bridgehead atoms. The summed E-state index contributed by atoms with van der Waals surface area (Å²) in [6, 6.07) is 25.8. The summed E-state index contributed by atoms with van der Waals surface area (Å²) in [4.78, 5) is 12.4. The molecule has 1 N–H and O–H groups in total. The number of nitrogens with one attached hydrogen (secondary N) is 1. The monoisotopic (exact) mass is 484 g/mol. The summed E-state index contributed by atoms with van der Waals surface area (Å²) in [5, 5.41) is 12.1. The Morgan fingerprint density at radius 2 is 1.33 bits per heavy atom. The number of carbonyl (C=O) groups excluding carboxylic acids is 1. The summed E-state index contributed by atoms with van der Waals surface area (Å²) in [5.74, 6) is 1.83. The molecule has 1 amide bonds. The maximum absolute atomic E-state index is 12.4. The molecule has 0 aromatic heterocycles. The largest absolute Gasteiger partial charge is 0.494 e. The topological polar surface area (TPSA) is 80.6 Å². The molecule has 3 rings (SSSR count). The number of benzene rings is 3. The number of para-hydroxylation sites is 1. The van der Waals surface area contributed by atoms with Gasteiger partial charge in [-0.2, -0.15) is 5.26 Å². The summed E-state index contributed by atoms with van der Waals surface area (Å²) < 4.78 is 17.2. The van der Waals surface area contributed by atoms with Gasteiger partial charge in [-0.3, -0.25) is 4.79 Å². The quantitative estimate of drug-likeness (QED) is 0.157. The predicted molar refractivity (Wildman–Crippen MR) is 142 cm³/mol. The minimum absolute atomic E-state index is 0.0221. The molecule has 0 atom stereocenters. The summed E-state index contributed by atoms with van der Waals surface area (Å²) in [6.45, 7) is 3.72. The highest BCUT2D eigenvalue weighted by Crippen LogP contribution is 2.19.